The Morgan fingerprint density at radius 1 is 1.07 bits per heavy atom. The Morgan fingerprint density at radius 2 is 1.74 bits per heavy atom. The largest absolute Gasteiger partial charge is 0.378 e. The molecular weight excluding hydrogens is 338 g/mol. The van der Waals surface area contributed by atoms with Crippen molar-refractivity contribution in [2.45, 2.75) is 19.9 Å². The third-order valence-corrected chi connectivity index (χ3v) is 4.99. The summed E-state index contributed by atoms with van der Waals surface area (Å²) in [6.07, 6.45) is 0. The highest BCUT2D eigenvalue weighted by molar-refractivity contribution is 5.91. The molecule has 1 saturated heterocycles. The van der Waals surface area contributed by atoms with Crippen LogP contribution in [0.25, 0.3) is 0 Å². The van der Waals surface area contributed by atoms with Gasteiger partial charge in [-0.1, -0.05) is 44.2 Å². The van der Waals surface area contributed by atoms with Crippen LogP contribution in [-0.4, -0.2) is 38.8 Å². The zero-order valence-corrected chi connectivity index (χ0v) is 16.2. The van der Waals surface area contributed by atoms with Gasteiger partial charge in [-0.05, 0) is 24.3 Å². The molecule has 3 N–H and O–H groups in total. The summed E-state index contributed by atoms with van der Waals surface area (Å²) in [7, 11) is 0. The molecule has 1 atom stereocenters. The fourth-order valence-corrected chi connectivity index (χ4v) is 3.49. The number of hydrogen-bond donors (Lipinski definition) is 2. The Morgan fingerprint density at radius 3 is 2.37 bits per heavy atom. The molecule has 5 heteroatoms. The van der Waals surface area contributed by atoms with Crippen LogP contribution in [0.1, 0.15) is 25.5 Å². The first-order valence-corrected chi connectivity index (χ1v) is 9.74. The number of amides is 1. The van der Waals surface area contributed by atoms with Crippen molar-refractivity contribution in [3.8, 4) is 0 Å². The molecule has 27 heavy (non-hydrogen) atoms. The van der Waals surface area contributed by atoms with Crippen LogP contribution in [0.5, 0.6) is 0 Å². The minimum Gasteiger partial charge on any atom is -0.378 e. The molecule has 1 aliphatic rings. The molecule has 3 rings (SSSR count). The number of quaternary nitrogens is 1. The monoisotopic (exact) mass is 368 g/mol. The average molecular weight is 369 g/mol. The van der Waals surface area contributed by atoms with Gasteiger partial charge in [-0.15, -0.1) is 0 Å². The van der Waals surface area contributed by atoms with Crippen molar-refractivity contribution in [3.63, 3.8) is 0 Å². The molecule has 2 aromatic rings. The summed E-state index contributed by atoms with van der Waals surface area (Å²) >= 11 is 0. The molecule has 0 aromatic heterocycles. The third kappa shape index (κ3) is 5.55. The van der Waals surface area contributed by atoms with Gasteiger partial charge < -0.3 is 20.3 Å². The van der Waals surface area contributed by atoms with Gasteiger partial charge in [-0.3, -0.25) is 4.79 Å². The van der Waals surface area contributed by atoms with Crippen LogP contribution in [0.15, 0.2) is 54.6 Å². The Bertz CT molecular complexity index is 710. The maximum absolute atomic E-state index is 12.4. The zero-order chi connectivity index (χ0) is 19.1. The van der Waals surface area contributed by atoms with E-state index < -0.39 is 0 Å². The van der Waals surface area contributed by atoms with Crippen LogP contribution < -0.4 is 15.5 Å². The molecule has 0 aliphatic carbocycles. The van der Waals surface area contributed by atoms with E-state index in [-0.39, 0.29) is 11.9 Å². The van der Waals surface area contributed by atoms with Crippen LogP contribution in [0.2, 0.25) is 0 Å². The molecule has 0 bridgehead atoms. The first-order valence-electron chi connectivity index (χ1n) is 9.74. The van der Waals surface area contributed by atoms with Gasteiger partial charge in [0.05, 0.1) is 13.2 Å². The molecule has 1 heterocycles. The van der Waals surface area contributed by atoms with Crippen LogP contribution in [-0.2, 0) is 9.53 Å². The van der Waals surface area contributed by atoms with E-state index in [1.807, 2.05) is 18.2 Å². The van der Waals surface area contributed by atoms with Gasteiger partial charge in [0.2, 0.25) is 0 Å². The first kappa shape index (κ1) is 19.4. The van der Waals surface area contributed by atoms with E-state index in [1.165, 1.54) is 11.3 Å². The Balaban J connectivity index is 1.52. The highest BCUT2D eigenvalue weighted by Crippen LogP contribution is 2.19. The van der Waals surface area contributed by atoms with Crippen LogP contribution in [0.3, 0.4) is 0 Å². The number of anilines is 2. The maximum atomic E-state index is 12.4. The molecule has 0 unspecified atom stereocenters. The van der Waals surface area contributed by atoms with Crippen molar-refractivity contribution in [2.75, 3.05) is 43.1 Å². The van der Waals surface area contributed by atoms with Crippen molar-refractivity contribution in [1.29, 1.82) is 0 Å². The molecule has 144 valence electrons. The van der Waals surface area contributed by atoms with Gasteiger partial charge in [0.1, 0.15) is 6.04 Å². The molecule has 2 aromatic carbocycles. The van der Waals surface area contributed by atoms with E-state index in [2.05, 4.69) is 65.8 Å². The van der Waals surface area contributed by atoms with E-state index in [9.17, 15) is 4.79 Å². The van der Waals surface area contributed by atoms with Crippen LogP contribution in [0.4, 0.5) is 11.4 Å². The zero-order valence-electron chi connectivity index (χ0n) is 16.2. The first-order chi connectivity index (χ1) is 13.1. The van der Waals surface area contributed by atoms with E-state index >= 15 is 0 Å². The molecule has 1 aliphatic heterocycles. The van der Waals surface area contributed by atoms with Crippen molar-refractivity contribution in [2.24, 2.45) is 5.92 Å². The number of nitrogens with one attached hydrogen (secondary N) is 1. The lowest BCUT2D eigenvalue weighted by atomic mass is 9.96. The number of ether oxygens (including phenoxy) is 1. The Hall–Kier alpha value is -2.37. The Kier molecular flexibility index (Phi) is 6.85. The standard InChI is InChI=1S/C22H29N3O2/c1-17(2)22(18-6-4-3-5-7-18)23-16-21(26)24-19-8-10-20(11-9-19)25-12-14-27-15-13-25/h3-11,17,22-23H,12-16H2,1-2H3,(H,24,26)/p+1/t22-/m0/s1. The highest BCUT2D eigenvalue weighted by Gasteiger charge is 2.20. The molecule has 0 spiro atoms. The van der Waals surface area contributed by atoms with Gasteiger partial charge in [-0.25, -0.2) is 0 Å². The summed E-state index contributed by atoms with van der Waals surface area (Å²) in [5.41, 5.74) is 3.27. The smallest absolute Gasteiger partial charge is 0.279 e. The topological polar surface area (TPSA) is 58.2 Å². The number of nitrogens with two attached hydrogens (primary N) is 1. The van der Waals surface area contributed by atoms with E-state index in [1.54, 1.807) is 0 Å². The lowest BCUT2D eigenvalue weighted by molar-refractivity contribution is -0.692. The van der Waals surface area contributed by atoms with Gasteiger partial charge >= 0.3 is 0 Å². The van der Waals surface area contributed by atoms with E-state index in [0.717, 1.165) is 32.0 Å². The van der Waals surface area contributed by atoms with Crippen molar-refractivity contribution < 1.29 is 14.8 Å². The second kappa shape index (κ2) is 9.53. The summed E-state index contributed by atoms with van der Waals surface area (Å²) in [6.45, 7) is 8.16. The number of hydrogen-bond acceptors (Lipinski definition) is 3. The van der Waals surface area contributed by atoms with E-state index in [4.69, 9.17) is 4.74 Å². The fourth-order valence-electron chi connectivity index (χ4n) is 3.49. The maximum Gasteiger partial charge on any atom is 0.279 e. The SMILES string of the molecule is CC(C)[C@H]([NH2+]CC(=O)Nc1ccc(N2CCOCC2)cc1)c1ccccc1. The van der Waals surface area contributed by atoms with Gasteiger partial charge in [-0.2, -0.15) is 0 Å². The predicted molar refractivity (Wildman–Crippen MR) is 109 cm³/mol. The number of rotatable bonds is 7. The normalized spacial score (nSPS) is 15.6. The fraction of sp³-hybridized carbons (Fsp3) is 0.409. The summed E-state index contributed by atoms with van der Waals surface area (Å²) in [5.74, 6) is 0.476. The lowest BCUT2D eigenvalue weighted by Gasteiger charge is -2.28. The highest BCUT2D eigenvalue weighted by atomic mass is 16.5. The molecular formula is C22H30N3O2+. The minimum absolute atomic E-state index is 0.0238. The number of carbonyl (C=O) groups excluding carboxylic acids is 1. The molecule has 0 saturated carbocycles. The van der Waals surface area contributed by atoms with Crippen molar-refractivity contribution in [1.82, 2.24) is 0 Å². The third-order valence-electron chi connectivity index (χ3n) is 4.99. The number of nitrogens with zero attached hydrogens (tertiary/aromatic N) is 1. The summed E-state index contributed by atoms with van der Waals surface area (Å²) in [4.78, 5) is 14.7. The summed E-state index contributed by atoms with van der Waals surface area (Å²) < 4.78 is 5.39. The van der Waals surface area contributed by atoms with Gasteiger partial charge in [0.15, 0.2) is 6.54 Å². The quantitative estimate of drug-likeness (QED) is 0.789. The van der Waals surface area contributed by atoms with Crippen LogP contribution in [0, 0.1) is 5.92 Å². The summed E-state index contributed by atoms with van der Waals surface area (Å²) in [5, 5.41) is 5.13. The lowest BCUT2D eigenvalue weighted by Crippen LogP contribution is -2.88. The second-order valence-corrected chi connectivity index (χ2v) is 7.31. The summed E-state index contributed by atoms with van der Waals surface area (Å²) in [6, 6.07) is 18.7. The minimum atomic E-state index is 0.0238. The van der Waals surface area contributed by atoms with Gasteiger partial charge in [0, 0.05) is 35.9 Å². The van der Waals surface area contributed by atoms with E-state index in [0.29, 0.717) is 12.5 Å². The average Bonchev–Trinajstić information content (AvgIpc) is 2.70. The van der Waals surface area contributed by atoms with Crippen molar-refractivity contribution >= 4 is 17.3 Å². The second-order valence-electron chi connectivity index (χ2n) is 7.31. The number of benzene rings is 2. The predicted octanol–water partition coefficient (Wildman–Crippen LogP) is 2.42. The van der Waals surface area contributed by atoms with Crippen molar-refractivity contribution in [3.05, 3.63) is 60.2 Å². The number of morpholine rings is 1. The molecule has 1 fully saturated rings. The number of carbonyl (C=O) groups is 1. The van der Waals surface area contributed by atoms with Crippen LogP contribution >= 0.6 is 0 Å². The van der Waals surface area contributed by atoms with Gasteiger partial charge in [0.25, 0.3) is 5.91 Å². The molecule has 0 radical (unpaired) electrons. The molecule has 5 nitrogen and oxygen atoms in total. The Labute approximate surface area is 161 Å². The molecule has 1 amide bonds.